The zero-order valence-corrected chi connectivity index (χ0v) is 37.6. The van der Waals surface area contributed by atoms with Crippen molar-refractivity contribution in [2.45, 2.75) is 77.8 Å². The summed E-state index contributed by atoms with van der Waals surface area (Å²) in [5, 5.41) is 17.9. The Hall–Kier alpha value is -5.78. The first-order chi connectivity index (χ1) is 30.6. The molecule has 17 heteroatoms. The van der Waals surface area contributed by atoms with Crippen LogP contribution in [0.25, 0.3) is 0 Å². The van der Waals surface area contributed by atoms with Crippen LogP contribution >= 0.6 is 39.5 Å². The monoisotopic (exact) mass is 948 g/mol. The normalized spacial score (nSPS) is 24.2. The number of carbonyl (C=O) groups is 4. The van der Waals surface area contributed by atoms with E-state index in [1.165, 1.54) is 0 Å². The predicted octanol–water partition coefficient (Wildman–Crippen LogP) is 6.99. The maximum Gasteiger partial charge on any atom is 0.331 e. The number of aromatic amines is 1. The molecule has 0 aliphatic carbocycles. The van der Waals surface area contributed by atoms with Crippen molar-refractivity contribution in [3.63, 3.8) is 0 Å². The molecule has 4 aliphatic rings. The van der Waals surface area contributed by atoms with Crippen LogP contribution in [0.4, 0.5) is 0 Å². The Kier molecular flexibility index (Phi) is 13.4. The van der Waals surface area contributed by atoms with Crippen LogP contribution in [0.3, 0.4) is 0 Å². The third kappa shape index (κ3) is 9.45. The number of nitrogens with one attached hydrogen (secondary N) is 1. The lowest BCUT2D eigenvalue weighted by atomic mass is 9.95. The summed E-state index contributed by atoms with van der Waals surface area (Å²) in [7, 11) is 0. The van der Waals surface area contributed by atoms with E-state index >= 15 is 0 Å². The smallest absolute Gasteiger partial charge is 0.331 e. The number of benzene rings is 4. The molecule has 4 aliphatic heterocycles. The minimum atomic E-state index is -0.692. The lowest BCUT2D eigenvalue weighted by Gasteiger charge is -2.38. The van der Waals surface area contributed by atoms with E-state index < -0.39 is 39.8 Å². The number of thioether (sulfide) groups is 2. The van der Waals surface area contributed by atoms with Gasteiger partial charge in [-0.15, -0.1) is 28.6 Å². The largest absolute Gasteiger partial charge is 0.451 e. The van der Waals surface area contributed by atoms with E-state index in [9.17, 15) is 19.2 Å². The molecule has 1 N–H and O–H groups in total. The summed E-state index contributed by atoms with van der Waals surface area (Å²) < 4.78 is 12.9. The maximum atomic E-state index is 13.6. The van der Waals surface area contributed by atoms with Gasteiger partial charge in [0.1, 0.15) is 12.1 Å². The summed E-state index contributed by atoms with van der Waals surface area (Å²) >= 11 is 6.85. The lowest BCUT2D eigenvalue weighted by molar-refractivity contribution is -0.164. The van der Waals surface area contributed by atoms with Gasteiger partial charge < -0.3 is 19.3 Å². The van der Waals surface area contributed by atoms with Crippen molar-refractivity contribution >= 4 is 63.2 Å². The van der Waals surface area contributed by atoms with Gasteiger partial charge in [0.2, 0.25) is 11.8 Å². The first-order valence-corrected chi connectivity index (χ1v) is 23.2. The molecule has 0 saturated carbocycles. The fourth-order valence-electron chi connectivity index (χ4n) is 8.25. The highest BCUT2D eigenvalue weighted by atomic mass is 79.9. The van der Waals surface area contributed by atoms with Crippen LogP contribution in [0, 0.1) is 0 Å². The number of rotatable bonds is 11. The molecule has 6 aromatic rings. The number of aromatic nitrogens is 6. The molecule has 2 aromatic heterocycles. The lowest BCUT2D eigenvalue weighted by Crippen LogP contribution is -2.58. The zero-order chi connectivity index (χ0) is 44.0. The second-order valence-corrected chi connectivity index (χ2v) is 19.7. The molecule has 6 heterocycles. The van der Waals surface area contributed by atoms with E-state index in [1.54, 1.807) is 62.8 Å². The van der Waals surface area contributed by atoms with Crippen molar-refractivity contribution in [3.05, 3.63) is 168 Å². The van der Waals surface area contributed by atoms with Gasteiger partial charge in [0.05, 0.1) is 58.2 Å². The molecule has 0 radical (unpaired) electrons. The summed E-state index contributed by atoms with van der Waals surface area (Å²) in [6.07, 6.45) is 6.44. The Morgan fingerprint density at radius 2 is 1.06 bits per heavy atom. The van der Waals surface area contributed by atoms with Gasteiger partial charge in [-0.1, -0.05) is 142 Å². The summed E-state index contributed by atoms with van der Waals surface area (Å²) in [6, 6.07) is 37.5. The van der Waals surface area contributed by atoms with Crippen molar-refractivity contribution < 1.29 is 28.7 Å². The SMILES string of the molecule is C[C@@]1(CBr)SC2CC(=O)N2[C@H]1C(=O)OC(c1ccccc1)c1ccccc1.C[C@@]1(Cn2ccnn2)SC2CC(=O)N2[C@H]1C(=O)OC(c1ccccc1)c1ccccc1.c1cn[nH]n1. The van der Waals surface area contributed by atoms with Gasteiger partial charge in [0.15, 0.2) is 12.2 Å². The van der Waals surface area contributed by atoms with Crippen molar-refractivity contribution in [1.29, 1.82) is 0 Å². The fraction of sp³-hybridized carbons (Fsp3) is 0.304. The summed E-state index contributed by atoms with van der Waals surface area (Å²) in [4.78, 5) is 54.8. The maximum absolute atomic E-state index is 13.6. The summed E-state index contributed by atoms with van der Waals surface area (Å²) in [5.41, 5.74) is 3.60. The number of amides is 2. The zero-order valence-electron chi connectivity index (χ0n) is 34.4. The number of β-lactam (4-membered cyclic amide) rings is 2. The number of H-pyrrole nitrogens is 1. The Morgan fingerprint density at radius 1 is 0.667 bits per heavy atom. The van der Waals surface area contributed by atoms with Gasteiger partial charge in [-0.2, -0.15) is 15.4 Å². The standard InChI is InChI=1S/C23H22N4O3S.C21H20BrNO3S.C2H3N3/c1-23(15-26-13-12-24-25-26)21(27-18(28)14-19(27)31-23)22(29)30-20(16-8-4-2-5-9-16)17-10-6-3-7-11-17;1-21(13-22)19(23-16(24)12-17(23)27-21)20(25)26-18(14-8-4-2-5-9-14)15-10-6-3-7-11-15;1-2-4-5-3-1/h2-13,19-21H,14-15H2,1H3;2-11,17-19H,12-13H2,1H3;1-2H,(H,3,4,5)/t19?,21-,23-;17?,19-,21-;/m00./s1. The Balaban J connectivity index is 0.000000157. The van der Waals surface area contributed by atoms with E-state index in [0.717, 1.165) is 22.3 Å². The van der Waals surface area contributed by atoms with Crippen molar-refractivity contribution in [2.24, 2.45) is 0 Å². The van der Waals surface area contributed by atoms with Crippen LogP contribution in [0.15, 0.2) is 146 Å². The number of ether oxygens (including phenoxy) is 2. The van der Waals surface area contributed by atoms with Crippen LogP contribution in [0.5, 0.6) is 0 Å². The van der Waals surface area contributed by atoms with Crippen LogP contribution in [-0.4, -0.2) is 102 Å². The molecule has 0 spiro atoms. The molecule has 6 atom stereocenters. The van der Waals surface area contributed by atoms with Gasteiger partial charge in [-0.3, -0.25) is 14.3 Å². The fourth-order valence-corrected chi connectivity index (χ4v) is 12.3. The van der Waals surface area contributed by atoms with Gasteiger partial charge in [-0.05, 0) is 36.1 Å². The van der Waals surface area contributed by atoms with E-state index in [2.05, 4.69) is 41.7 Å². The number of carbonyl (C=O) groups excluding carboxylic acids is 4. The first-order valence-electron chi connectivity index (χ1n) is 20.4. The minimum absolute atomic E-state index is 0.00882. The van der Waals surface area contributed by atoms with Gasteiger partial charge >= 0.3 is 11.9 Å². The van der Waals surface area contributed by atoms with Crippen molar-refractivity contribution in [2.75, 3.05) is 5.33 Å². The van der Waals surface area contributed by atoms with E-state index in [4.69, 9.17) is 9.47 Å². The van der Waals surface area contributed by atoms with Crippen molar-refractivity contribution in [1.82, 2.24) is 40.2 Å². The van der Waals surface area contributed by atoms with Gasteiger partial charge in [-0.25, -0.2) is 9.59 Å². The number of esters is 2. The topological polar surface area (TPSA) is 166 Å². The molecule has 2 amide bonds. The molecule has 4 aromatic carbocycles. The molecular formula is C46H45BrN8O6S2. The van der Waals surface area contributed by atoms with Crippen LogP contribution in [-0.2, 0) is 35.2 Å². The van der Waals surface area contributed by atoms with Crippen molar-refractivity contribution in [3.8, 4) is 0 Å². The predicted molar refractivity (Wildman–Crippen MR) is 242 cm³/mol. The highest BCUT2D eigenvalue weighted by Crippen LogP contribution is 2.53. The minimum Gasteiger partial charge on any atom is -0.451 e. The molecule has 4 saturated heterocycles. The van der Waals surface area contributed by atoms with E-state index in [0.29, 0.717) is 24.7 Å². The molecule has 0 bridgehead atoms. The second kappa shape index (κ2) is 19.3. The quantitative estimate of drug-likeness (QED) is 0.0805. The Labute approximate surface area is 381 Å². The van der Waals surface area contributed by atoms with Gasteiger partial charge in [0.25, 0.3) is 0 Å². The average molecular weight is 950 g/mol. The first kappa shape index (κ1) is 43.9. The molecule has 324 valence electrons. The highest BCUT2D eigenvalue weighted by molar-refractivity contribution is 9.09. The number of halogens is 1. The van der Waals surface area contributed by atoms with E-state index in [1.807, 2.05) is 135 Å². The highest BCUT2D eigenvalue weighted by Gasteiger charge is 2.62. The summed E-state index contributed by atoms with van der Waals surface area (Å²) in [5.74, 6) is -0.742. The third-order valence-corrected chi connectivity index (χ3v) is 16.0. The Morgan fingerprint density at radius 3 is 1.40 bits per heavy atom. The number of fused-ring (bicyclic) bond motifs is 2. The number of hydrogen-bond acceptors (Lipinski definition) is 12. The number of nitrogens with zero attached hydrogens (tertiary/aromatic N) is 7. The number of alkyl halides is 1. The molecule has 10 rings (SSSR count). The molecule has 2 unspecified atom stereocenters. The average Bonchev–Trinajstić information content (AvgIpc) is 4.14. The number of hydrogen-bond donors (Lipinski definition) is 1. The summed E-state index contributed by atoms with van der Waals surface area (Å²) in [6.45, 7) is 4.47. The third-order valence-electron chi connectivity index (χ3n) is 11.3. The molecule has 14 nitrogen and oxygen atoms in total. The van der Waals surface area contributed by atoms with Crippen LogP contribution < -0.4 is 0 Å². The molecular weight excluding hydrogens is 905 g/mol. The van der Waals surface area contributed by atoms with E-state index in [-0.39, 0.29) is 28.5 Å². The second-order valence-electron chi connectivity index (χ2n) is 15.8. The molecule has 4 fully saturated rings. The van der Waals surface area contributed by atoms with Gasteiger partial charge in [0, 0.05) is 11.5 Å². The Bertz CT molecular complexity index is 2360. The van der Waals surface area contributed by atoms with Crippen LogP contribution in [0.2, 0.25) is 0 Å². The van der Waals surface area contributed by atoms with Crippen LogP contribution in [0.1, 0.15) is 61.2 Å². The molecule has 63 heavy (non-hydrogen) atoms.